The predicted molar refractivity (Wildman–Crippen MR) is 75.4 cm³/mol. The monoisotopic (exact) mass is 248 g/mol. The van der Waals surface area contributed by atoms with Crippen LogP contribution in [0.2, 0.25) is 0 Å². The summed E-state index contributed by atoms with van der Waals surface area (Å²) in [5, 5.41) is 0. The van der Waals surface area contributed by atoms with Crippen LogP contribution in [0.4, 0.5) is 0 Å². The minimum absolute atomic E-state index is 0.856. The highest BCUT2D eigenvalue weighted by Gasteiger charge is 2.12. The first-order chi connectivity index (χ1) is 8.77. The second kappa shape index (κ2) is 6.79. The molecule has 0 atom stereocenters. The van der Waals surface area contributed by atoms with Crippen LogP contribution in [0.1, 0.15) is 36.8 Å². The van der Waals surface area contributed by atoms with Crippen molar-refractivity contribution < 1.29 is 9.64 Å². The van der Waals surface area contributed by atoms with Crippen LogP contribution in [-0.2, 0) is 0 Å². The van der Waals surface area contributed by atoms with Gasteiger partial charge >= 0.3 is 0 Å². The molecule has 0 spiro atoms. The van der Waals surface area contributed by atoms with Crippen molar-refractivity contribution in [2.75, 3.05) is 26.2 Å². The molecule has 1 aliphatic rings. The molecule has 1 aromatic carbocycles. The highest BCUT2D eigenvalue weighted by Crippen LogP contribution is 2.22. The third-order valence-corrected chi connectivity index (χ3v) is 3.89. The van der Waals surface area contributed by atoms with E-state index in [-0.39, 0.29) is 0 Å². The molecule has 1 aromatic rings. The summed E-state index contributed by atoms with van der Waals surface area (Å²) in [6, 6.07) is 6.34. The maximum Gasteiger partial charge on any atom is 0.125 e. The van der Waals surface area contributed by atoms with E-state index in [0.29, 0.717) is 0 Å². The number of likely N-dealkylation sites (tertiary alicyclic amines) is 1. The molecule has 1 N–H and O–H groups in total. The van der Waals surface area contributed by atoms with Gasteiger partial charge in [-0.3, -0.25) is 0 Å². The molecule has 2 rings (SSSR count). The van der Waals surface area contributed by atoms with E-state index in [9.17, 15) is 0 Å². The van der Waals surface area contributed by atoms with E-state index in [4.69, 9.17) is 4.74 Å². The number of quaternary nitrogens is 1. The lowest BCUT2D eigenvalue weighted by Crippen LogP contribution is -3.12. The summed E-state index contributed by atoms with van der Waals surface area (Å²) in [5.41, 5.74) is 2.50. The molecule has 0 saturated carbocycles. The summed E-state index contributed by atoms with van der Waals surface area (Å²) in [7, 11) is 0. The van der Waals surface area contributed by atoms with Gasteiger partial charge in [0.2, 0.25) is 0 Å². The Balaban J connectivity index is 1.71. The zero-order valence-electron chi connectivity index (χ0n) is 11.8. The fraction of sp³-hybridized carbons (Fsp3) is 0.625. The standard InChI is InChI=1S/C16H25NO/c1-14-8-6-9-15(2)16(14)18-13-7-12-17-10-4-3-5-11-17/h6,8-9H,3-5,7,10-13H2,1-2H3/p+1. The maximum absolute atomic E-state index is 5.95. The van der Waals surface area contributed by atoms with Gasteiger partial charge in [-0.25, -0.2) is 0 Å². The minimum Gasteiger partial charge on any atom is -0.493 e. The third-order valence-electron chi connectivity index (χ3n) is 3.89. The SMILES string of the molecule is Cc1cccc(C)c1OCCC[NH+]1CCCCC1. The number of para-hydroxylation sites is 1. The van der Waals surface area contributed by atoms with Crippen LogP contribution in [0.3, 0.4) is 0 Å². The fourth-order valence-electron chi connectivity index (χ4n) is 2.83. The van der Waals surface area contributed by atoms with Crippen molar-refractivity contribution in [2.45, 2.75) is 39.5 Å². The molecular formula is C16H26NO+. The molecule has 1 aliphatic heterocycles. The minimum atomic E-state index is 0.856. The first-order valence-corrected chi connectivity index (χ1v) is 7.30. The zero-order chi connectivity index (χ0) is 12.8. The van der Waals surface area contributed by atoms with Crippen LogP contribution in [0, 0.1) is 13.8 Å². The van der Waals surface area contributed by atoms with Crippen LogP contribution in [0.5, 0.6) is 5.75 Å². The van der Waals surface area contributed by atoms with Crippen molar-refractivity contribution in [1.29, 1.82) is 0 Å². The summed E-state index contributed by atoms with van der Waals surface area (Å²) in [6.45, 7) is 9.10. The maximum atomic E-state index is 5.95. The van der Waals surface area contributed by atoms with E-state index in [2.05, 4.69) is 32.0 Å². The van der Waals surface area contributed by atoms with E-state index >= 15 is 0 Å². The van der Waals surface area contributed by atoms with Crippen LogP contribution >= 0.6 is 0 Å². The van der Waals surface area contributed by atoms with Crippen molar-refractivity contribution in [3.05, 3.63) is 29.3 Å². The third kappa shape index (κ3) is 3.74. The Morgan fingerprint density at radius 3 is 2.39 bits per heavy atom. The molecule has 18 heavy (non-hydrogen) atoms. The van der Waals surface area contributed by atoms with Crippen LogP contribution in [0.15, 0.2) is 18.2 Å². The number of hydrogen-bond acceptors (Lipinski definition) is 1. The van der Waals surface area contributed by atoms with Gasteiger partial charge in [0.25, 0.3) is 0 Å². The number of piperidine rings is 1. The van der Waals surface area contributed by atoms with E-state index in [1.54, 1.807) is 4.90 Å². The Kier molecular flexibility index (Phi) is 5.06. The van der Waals surface area contributed by atoms with Gasteiger partial charge in [0.1, 0.15) is 5.75 Å². The van der Waals surface area contributed by atoms with Crippen molar-refractivity contribution >= 4 is 0 Å². The smallest absolute Gasteiger partial charge is 0.125 e. The average molecular weight is 248 g/mol. The van der Waals surface area contributed by atoms with Gasteiger partial charge in [-0.1, -0.05) is 18.2 Å². The molecule has 0 bridgehead atoms. The van der Waals surface area contributed by atoms with Crippen molar-refractivity contribution in [1.82, 2.24) is 0 Å². The summed E-state index contributed by atoms with van der Waals surface area (Å²) in [4.78, 5) is 1.77. The largest absolute Gasteiger partial charge is 0.493 e. The summed E-state index contributed by atoms with van der Waals surface area (Å²) < 4.78 is 5.95. The molecular weight excluding hydrogens is 222 g/mol. The summed E-state index contributed by atoms with van der Waals surface area (Å²) in [5.74, 6) is 1.09. The van der Waals surface area contributed by atoms with E-state index in [0.717, 1.165) is 12.4 Å². The normalized spacial score (nSPS) is 16.8. The summed E-state index contributed by atoms with van der Waals surface area (Å²) >= 11 is 0. The van der Waals surface area contributed by atoms with E-state index in [1.807, 2.05) is 0 Å². The molecule has 1 heterocycles. The first kappa shape index (κ1) is 13.4. The topological polar surface area (TPSA) is 13.7 Å². The van der Waals surface area contributed by atoms with Gasteiger partial charge in [-0.15, -0.1) is 0 Å². The molecule has 0 amide bonds. The molecule has 100 valence electrons. The Hall–Kier alpha value is -1.02. The molecule has 0 aliphatic carbocycles. The second-order valence-electron chi connectivity index (χ2n) is 5.48. The average Bonchev–Trinajstić information content (AvgIpc) is 2.38. The van der Waals surface area contributed by atoms with Crippen LogP contribution in [0.25, 0.3) is 0 Å². The Bertz CT molecular complexity index is 349. The molecule has 0 unspecified atom stereocenters. The highest BCUT2D eigenvalue weighted by atomic mass is 16.5. The molecule has 2 nitrogen and oxygen atoms in total. The number of aryl methyl sites for hydroxylation is 2. The van der Waals surface area contributed by atoms with Crippen LogP contribution < -0.4 is 9.64 Å². The second-order valence-corrected chi connectivity index (χ2v) is 5.48. The zero-order valence-corrected chi connectivity index (χ0v) is 11.8. The number of hydrogen-bond donors (Lipinski definition) is 1. The number of rotatable bonds is 5. The van der Waals surface area contributed by atoms with E-state index in [1.165, 1.54) is 56.4 Å². The van der Waals surface area contributed by atoms with Gasteiger partial charge in [-0.05, 0) is 44.2 Å². The number of ether oxygens (including phenoxy) is 1. The van der Waals surface area contributed by atoms with Crippen LogP contribution in [-0.4, -0.2) is 26.2 Å². The number of nitrogens with one attached hydrogen (secondary N) is 1. The summed E-state index contributed by atoms with van der Waals surface area (Å²) in [6.07, 6.45) is 5.42. The van der Waals surface area contributed by atoms with E-state index < -0.39 is 0 Å². The lowest BCUT2D eigenvalue weighted by Gasteiger charge is -2.23. The Morgan fingerprint density at radius 2 is 1.72 bits per heavy atom. The molecule has 2 heteroatoms. The highest BCUT2D eigenvalue weighted by molar-refractivity contribution is 5.39. The van der Waals surface area contributed by atoms with Gasteiger partial charge < -0.3 is 9.64 Å². The lowest BCUT2D eigenvalue weighted by atomic mass is 10.1. The lowest BCUT2D eigenvalue weighted by molar-refractivity contribution is -0.905. The van der Waals surface area contributed by atoms with Gasteiger partial charge in [0, 0.05) is 6.42 Å². The van der Waals surface area contributed by atoms with Gasteiger partial charge in [0.15, 0.2) is 0 Å². The molecule has 0 aromatic heterocycles. The number of benzene rings is 1. The van der Waals surface area contributed by atoms with Crippen molar-refractivity contribution in [3.63, 3.8) is 0 Å². The predicted octanol–water partition coefficient (Wildman–Crippen LogP) is 2.14. The van der Waals surface area contributed by atoms with Crippen molar-refractivity contribution in [3.8, 4) is 5.75 Å². The Labute approximate surface area is 111 Å². The van der Waals surface area contributed by atoms with Gasteiger partial charge in [-0.2, -0.15) is 0 Å². The molecule has 1 fully saturated rings. The Morgan fingerprint density at radius 1 is 1.06 bits per heavy atom. The molecule has 1 saturated heterocycles. The van der Waals surface area contributed by atoms with Crippen molar-refractivity contribution in [2.24, 2.45) is 0 Å². The quantitative estimate of drug-likeness (QED) is 0.788. The molecule has 0 radical (unpaired) electrons. The first-order valence-electron chi connectivity index (χ1n) is 7.30. The fourth-order valence-corrected chi connectivity index (χ4v) is 2.83. The van der Waals surface area contributed by atoms with Gasteiger partial charge in [0.05, 0.1) is 26.2 Å².